The van der Waals surface area contributed by atoms with Gasteiger partial charge in [0.05, 0.1) is 7.11 Å². The van der Waals surface area contributed by atoms with E-state index in [0.29, 0.717) is 12.1 Å². The molecule has 24 heavy (non-hydrogen) atoms. The van der Waals surface area contributed by atoms with Crippen LogP contribution in [-0.4, -0.2) is 36.7 Å². The van der Waals surface area contributed by atoms with Crippen LogP contribution in [0.25, 0.3) is 0 Å². The number of hydrogen-bond acceptors (Lipinski definition) is 4. The first kappa shape index (κ1) is 18.1. The minimum Gasteiger partial charge on any atom is -0.467 e. The third kappa shape index (κ3) is 3.97. The highest BCUT2D eigenvalue weighted by Gasteiger charge is 2.31. The highest BCUT2D eigenvalue weighted by atomic mass is 32.2. The van der Waals surface area contributed by atoms with Gasteiger partial charge in [0.25, 0.3) is 5.91 Å². The fraction of sp³-hybridized carbons (Fsp3) is 0.263. The number of thioether (sulfide) groups is 1. The summed E-state index contributed by atoms with van der Waals surface area (Å²) in [7, 11) is 1.34. The molecule has 126 valence electrons. The quantitative estimate of drug-likeness (QED) is 0.591. The zero-order valence-corrected chi connectivity index (χ0v) is 14.9. The van der Waals surface area contributed by atoms with Crippen molar-refractivity contribution in [2.24, 2.45) is 0 Å². The Labute approximate surface area is 146 Å². The summed E-state index contributed by atoms with van der Waals surface area (Å²) in [5, 5.41) is 0. The van der Waals surface area contributed by atoms with Crippen molar-refractivity contribution >= 4 is 23.6 Å². The van der Waals surface area contributed by atoms with E-state index >= 15 is 0 Å². The van der Waals surface area contributed by atoms with Crippen molar-refractivity contribution in [1.29, 1.82) is 0 Å². The molecular formula is C19H21NO3S. The zero-order chi connectivity index (χ0) is 17.5. The minimum absolute atomic E-state index is 0.192. The van der Waals surface area contributed by atoms with Crippen molar-refractivity contribution in [2.75, 3.05) is 19.9 Å². The van der Waals surface area contributed by atoms with E-state index in [-0.39, 0.29) is 5.91 Å². The molecular weight excluding hydrogens is 322 g/mol. The van der Waals surface area contributed by atoms with Crippen LogP contribution in [0.4, 0.5) is 0 Å². The summed E-state index contributed by atoms with van der Waals surface area (Å²) in [6.07, 6.45) is 1.99. The lowest BCUT2D eigenvalue weighted by atomic mass is 10.0. The predicted molar refractivity (Wildman–Crippen MR) is 96.1 cm³/mol. The zero-order valence-electron chi connectivity index (χ0n) is 14.1. The Morgan fingerprint density at radius 3 is 2.21 bits per heavy atom. The van der Waals surface area contributed by atoms with Crippen molar-refractivity contribution < 1.29 is 14.3 Å². The van der Waals surface area contributed by atoms with Crippen LogP contribution in [0.15, 0.2) is 59.5 Å². The van der Waals surface area contributed by atoms with Crippen LogP contribution >= 0.6 is 11.8 Å². The molecule has 1 amide bonds. The van der Waals surface area contributed by atoms with Gasteiger partial charge >= 0.3 is 5.97 Å². The van der Waals surface area contributed by atoms with Gasteiger partial charge in [-0.25, -0.2) is 4.79 Å². The summed E-state index contributed by atoms with van der Waals surface area (Å²) in [4.78, 5) is 27.9. The van der Waals surface area contributed by atoms with E-state index in [2.05, 4.69) is 0 Å². The number of rotatable bonds is 6. The van der Waals surface area contributed by atoms with E-state index < -0.39 is 12.0 Å². The molecule has 0 saturated heterocycles. The number of benzene rings is 2. The van der Waals surface area contributed by atoms with Crippen LogP contribution in [0.3, 0.4) is 0 Å². The third-order valence-electron chi connectivity index (χ3n) is 3.79. The molecule has 0 N–H and O–H groups in total. The number of esters is 1. The predicted octanol–water partition coefficient (Wildman–Crippen LogP) is 3.78. The van der Waals surface area contributed by atoms with Crippen molar-refractivity contribution in [2.45, 2.75) is 17.9 Å². The summed E-state index contributed by atoms with van der Waals surface area (Å²) < 4.78 is 4.95. The van der Waals surface area contributed by atoms with Gasteiger partial charge in [0.15, 0.2) is 6.04 Å². The smallest absolute Gasteiger partial charge is 0.333 e. The summed E-state index contributed by atoms with van der Waals surface area (Å²) in [5.41, 5.74) is 1.29. The van der Waals surface area contributed by atoms with Gasteiger partial charge in [0.1, 0.15) is 0 Å². The highest BCUT2D eigenvalue weighted by molar-refractivity contribution is 7.98. The Morgan fingerprint density at radius 2 is 1.71 bits per heavy atom. The van der Waals surface area contributed by atoms with Gasteiger partial charge in [0.2, 0.25) is 0 Å². The molecule has 0 aliphatic rings. The van der Waals surface area contributed by atoms with Crippen LogP contribution in [-0.2, 0) is 9.53 Å². The third-order valence-corrected chi connectivity index (χ3v) is 4.53. The second kappa shape index (κ2) is 8.55. The van der Waals surface area contributed by atoms with E-state index in [4.69, 9.17) is 4.74 Å². The summed E-state index contributed by atoms with van der Waals surface area (Å²) >= 11 is 1.62. The maximum atomic E-state index is 12.8. The van der Waals surface area contributed by atoms with Gasteiger partial charge in [-0.1, -0.05) is 30.3 Å². The van der Waals surface area contributed by atoms with Crippen LogP contribution in [0.1, 0.15) is 28.9 Å². The lowest BCUT2D eigenvalue weighted by molar-refractivity contribution is -0.146. The number of methoxy groups -OCH3 is 1. The van der Waals surface area contributed by atoms with Crippen LogP contribution in [0, 0.1) is 0 Å². The van der Waals surface area contributed by atoms with E-state index in [1.54, 1.807) is 23.9 Å². The lowest BCUT2D eigenvalue weighted by Gasteiger charge is -2.29. The molecule has 0 spiro atoms. The fourth-order valence-corrected chi connectivity index (χ4v) is 2.94. The molecule has 1 atom stereocenters. The van der Waals surface area contributed by atoms with Gasteiger partial charge in [-0.2, -0.15) is 0 Å². The fourth-order valence-electron chi connectivity index (χ4n) is 2.53. The number of nitrogens with zero attached hydrogens (tertiary/aromatic N) is 1. The van der Waals surface area contributed by atoms with Gasteiger partial charge in [-0.15, -0.1) is 11.8 Å². The average Bonchev–Trinajstić information content (AvgIpc) is 2.65. The monoisotopic (exact) mass is 343 g/mol. The summed E-state index contributed by atoms with van der Waals surface area (Å²) in [6, 6.07) is 15.8. The summed E-state index contributed by atoms with van der Waals surface area (Å²) in [6.45, 7) is 2.25. The number of hydrogen-bond donors (Lipinski definition) is 0. The average molecular weight is 343 g/mol. The SMILES string of the molecule is CCN(C(=O)c1ccccc1)C(C(=O)OC)c1ccc(SC)cc1. The van der Waals surface area contributed by atoms with Gasteiger partial charge in [0, 0.05) is 17.0 Å². The highest BCUT2D eigenvalue weighted by Crippen LogP contribution is 2.26. The molecule has 0 heterocycles. The number of likely N-dealkylation sites (N-methyl/N-ethyl adjacent to an activating group) is 1. The molecule has 5 heteroatoms. The van der Waals surface area contributed by atoms with Crippen molar-refractivity contribution in [3.63, 3.8) is 0 Å². The molecule has 4 nitrogen and oxygen atoms in total. The van der Waals surface area contributed by atoms with Crippen molar-refractivity contribution in [1.82, 2.24) is 4.90 Å². The molecule has 1 unspecified atom stereocenters. The van der Waals surface area contributed by atoms with E-state index in [1.165, 1.54) is 12.0 Å². The maximum Gasteiger partial charge on any atom is 0.333 e. The summed E-state index contributed by atoms with van der Waals surface area (Å²) in [5.74, 6) is -0.638. The largest absolute Gasteiger partial charge is 0.467 e. The first-order valence-corrected chi connectivity index (χ1v) is 8.92. The number of ether oxygens (including phenoxy) is 1. The van der Waals surface area contributed by atoms with Crippen LogP contribution < -0.4 is 0 Å². The maximum absolute atomic E-state index is 12.8. The lowest BCUT2D eigenvalue weighted by Crippen LogP contribution is -2.39. The molecule has 0 saturated carbocycles. The van der Waals surface area contributed by atoms with Crippen molar-refractivity contribution in [3.8, 4) is 0 Å². The number of carbonyl (C=O) groups excluding carboxylic acids is 2. The molecule has 0 aromatic heterocycles. The number of carbonyl (C=O) groups is 2. The minimum atomic E-state index is -0.761. The van der Waals surface area contributed by atoms with Gasteiger partial charge in [-0.05, 0) is 43.0 Å². The molecule has 0 bridgehead atoms. The normalized spacial score (nSPS) is 11.6. The van der Waals surface area contributed by atoms with Crippen molar-refractivity contribution in [3.05, 3.63) is 65.7 Å². The topological polar surface area (TPSA) is 46.6 Å². The Hall–Kier alpha value is -2.27. The molecule has 0 aliphatic heterocycles. The molecule has 0 radical (unpaired) electrons. The molecule has 0 fully saturated rings. The standard InChI is InChI=1S/C19H21NO3S/c1-4-20(18(21)15-8-6-5-7-9-15)17(19(22)23-2)14-10-12-16(24-3)13-11-14/h5-13,17H,4H2,1-3H3. The first-order valence-electron chi connectivity index (χ1n) is 7.70. The van der Waals surface area contributed by atoms with E-state index in [1.807, 2.05) is 55.6 Å². The van der Waals surface area contributed by atoms with Gasteiger partial charge < -0.3 is 9.64 Å². The van der Waals surface area contributed by atoms with E-state index in [9.17, 15) is 9.59 Å². The molecule has 2 aromatic carbocycles. The number of amides is 1. The second-order valence-corrected chi connectivity index (χ2v) is 6.04. The molecule has 0 aliphatic carbocycles. The van der Waals surface area contributed by atoms with Crippen LogP contribution in [0.5, 0.6) is 0 Å². The molecule has 2 aromatic rings. The molecule has 2 rings (SSSR count). The van der Waals surface area contributed by atoms with Gasteiger partial charge in [-0.3, -0.25) is 4.79 Å². The Kier molecular flexibility index (Phi) is 6.44. The first-order chi connectivity index (χ1) is 11.6. The van der Waals surface area contributed by atoms with E-state index in [0.717, 1.165) is 10.5 Å². The Morgan fingerprint density at radius 1 is 1.08 bits per heavy atom. The second-order valence-electron chi connectivity index (χ2n) is 5.16. The van der Waals surface area contributed by atoms with Crippen LogP contribution in [0.2, 0.25) is 0 Å². The Bertz CT molecular complexity index is 686. The Balaban J connectivity index is 2.40.